The van der Waals surface area contributed by atoms with Crippen LogP contribution in [0.25, 0.3) is 5.53 Å². The summed E-state index contributed by atoms with van der Waals surface area (Å²) in [6.07, 6.45) is -1.29. The second kappa shape index (κ2) is 10.4. The van der Waals surface area contributed by atoms with Gasteiger partial charge in [-0.15, -0.1) is 0 Å². The van der Waals surface area contributed by atoms with Gasteiger partial charge in [-0.05, 0) is 27.2 Å². The van der Waals surface area contributed by atoms with Crippen LogP contribution >= 0.6 is 0 Å². The zero-order valence-electron chi connectivity index (χ0n) is 13.6. The minimum Gasteiger partial charge on any atom is -0.461 e. The summed E-state index contributed by atoms with van der Waals surface area (Å²) in [6, 6.07) is -1.13. The highest BCUT2D eigenvalue weighted by atomic mass is 16.5. The Bertz CT molecular complexity index is 511. The summed E-state index contributed by atoms with van der Waals surface area (Å²) >= 11 is 0. The van der Waals surface area contributed by atoms with E-state index in [-0.39, 0.29) is 12.8 Å². The van der Waals surface area contributed by atoms with Crippen LogP contribution in [0.1, 0.15) is 33.6 Å². The van der Waals surface area contributed by atoms with E-state index in [2.05, 4.69) is 10.1 Å². The van der Waals surface area contributed by atoms with Gasteiger partial charge >= 0.3 is 12.2 Å². The number of ketones is 2. The second-order valence-corrected chi connectivity index (χ2v) is 5.02. The van der Waals surface area contributed by atoms with E-state index >= 15 is 0 Å². The standard InChI is InChI=1S/C14H21N3O6/c1-8(2)23-14(21)11(6-5-10(19)7-16-15)17-13(20)12(22-4)9(3)18/h7-8,11-12H,5-6H2,1-4H3,(H,17,20)/t11-,12+/m0/s1. The number of carbonyl (C=O) groups is 4. The van der Waals surface area contributed by atoms with Crippen LogP contribution in [0, 0.1) is 0 Å². The van der Waals surface area contributed by atoms with E-state index in [1.807, 2.05) is 0 Å². The quantitative estimate of drug-likeness (QED) is 0.192. The fraction of sp³-hybridized carbons (Fsp3) is 0.643. The van der Waals surface area contributed by atoms with Crippen LogP contribution in [-0.2, 0) is 28.7 Å². The maximum Gasteiger partial charge on any atom is 0.328 e. The van der Waals surface area contributed by atoms with Crippen molar-refractivity contribution < 1.29 is 33.4 Å². The van der Waals surface area contributed by atoms with Crippen molar-refractivity contribution >= 4 is 29.7 Å². The number of ether oxygens (including phenoxy) is 2. The number of amides is 1. The monoisotopic (exact) mass is 327 g/mol. The van der Waals surface area contributed by atoms with Crippen molar-refractivity contribution in [2.24, 2.45) is 0 Å². The first kappa shape index (κ1) is 20.6. The molecule has 0 aromatic carbocycles. The number of rotatable bonds is 10. The van der Waals surface area contributed by atoms with Gasteiger partial charge in [0.05, 0.1) is 6.10 Å². The van der Waals surface area contributed by atoms with Crippen LogP contribution in [0.2, 0.25) is 0 Å². The maximum absolute atomic E-state index is 12.0. The summed E-state index contributed by atoms with van der Waals surface area (Å²) < 4.78 is 9.77. The molecule has 0 aliphatic heterocycles. The summed E-state index contributed by atoms with van der Waals surface area (Å²) in [7, 11) is 1.19. The highest BCUT2D eigenvalue weighted by molar-refractivity contribution is 6.25. The molecule has 23 heavy (non-hydrogen) atoms. The predicted octanol–water partition coefficient (Wildman–Crippen LogP) is -0.323. The van der Waals surface area contributed by atoms with Gasteiger partial charge in [0.15, 0.2) is 11.9 Å². The summed E-state index contributed by atoms with van der Waals surface area (Å²) in [6.45, 7) is 4.44. The van der Waals surface area contributed by atoms with Gasteiger partial charge in [0, 0.05) is 13.5 Å². The van der Waals surface area contributed by atoms with Gasteiger partial charge in [-0.2, -0.15) is 4.79 Å². The lowest BCUT2D eigenvalue weighted by molar-refractivity contribution is -0.154. The Morgan fingerprint density at radius 3 is 2.30 bits per heavy atom. The second-order valence-electron chi connectivity index (χ2n) is 5.02. The molecule has 0 aromatic heterocycles. The Morgan fingerprint density at radius 2 is 1.87 bits per heavy atom. The van der Waals surface area contributed by atoms with Crippen LogP contribution in [-0.4, -0.2) is 59.8 Å². The highest BCUT2D eigenvalue weighted by Crippen LogP contribution is 2.05. The number of esters is 1. The normalized spacial score (nSPS) is 12.7. The van der Waals surface area contributed by atoms with E-state index in [4.69, 9.17) is 15.0 Å². The molecule has 0 saturated heterocycles. The van der Waals surface area contributed by atoms with Gasteiger partial charge in [-0.25, -0.2) is 4.79 Å². The van der Waals surface area contributed by atoms with Crippen molar-refractivity contribution in [1.82, 2.24) is 5.32 Å². The zero-order valence-corrected chi connectivity index (χ0v) is 13.6. The fourth-order valence-corrected chi connectivity index (χ4v) is 1.68. The summed E-state index contributed by atoms with van der Waals surface area (Å²) in [5, 5.41) is 2.33. The molecule has 0 bridgehead atoms. The Balaban J connectivity index is 5.00. The molecule has 0 spiro atoms. The number of nitrogens with zero attached hydrogens (tertiary/aromatic N) is 2. The van der Waals surface area contributed by atoms with Gasteiger partial charge < -0.3 is 20.3 Å². The topological polar surface area (TPSA) is 135 Å². The van der Waals surface area contributed by atoms with Gasteiger partial charge in [0.2, 0.25) is 5.78 Å². The molecular weight excluding hydrogens is 306 g/mol. The van der Waals surface area contributed by atoms with Gasteiger partial charge in [-0.1, -0.05) is 0 Å². The van der Waals surface area contributed by atoms with Gasteiger partial charge in [-0.3, -0.25) is 14.4 Å². The third-order valence-corrected chi connectivity index (χ3v) is 2.68. The van der Waals surface area contributed by atoms with Crippen molar-refractivity contribution in [3.8, 4) is 0 Å². The molecular formula is C14H21N3O6. The molecule has 1 amide bonds. The minimum absolute atomic E-state index is 0.0729. The number of nitrogens with one attached hydrogen (secondary N) is 1. The first-order valence-corrected chi connectivity index (χ1v) is 6.97. The summed E-state index contributed by atoms with van der Waals surface area (Å²) in [5.41, 5.74) is 8.27. The van der Waals surface area contributed by atoms with E-state index in [9.17, 15) is 19.2 Å². The molecule has 0 aliphatic carbocycles. The zero-order chi connectivity index (χ0) is 18.0. The number of hydrogen-bond acceptors (Lipinski definition) is 6. The molecule has 0 radical (unpaired) electrons. The smallest absolute Gasteiger partial charge is 0.328 e. The average molecular weight is 327 g/mol. The molecule has 9 nitrogen and oxygen atoms in total. The highest BCUT2D eigenvalue weighted by Gasteiger charge is 2.29. The van der Waals surface area contributed by atoms with Crippen molar-refractivity contribution in [2.45, 2.75) is 51.9 Å². The van der Waals surface area contributed by atoms with E-state index in [0.29, 0.717) is 6.21 Å². The van der Waals surface area contributed by atoms with Crippen LogP contribution in [0.5, 0.6) is 0 Å². The molecule has 1 N–H and O–H groups in total. The SMILES string of the molecule is CO[C@H](C(C)=O)C(=O)N[C@@H](CCC(=O)C=[N+]=[N-])C(=O)OC(C)C. The lowest BCUT2D eigenvalue weighted by Gasteiger charge is -2.20. The number of Topliss-reactive ketones (excluding diaryl/α,β-unsaturated/α-hetero) is 2. The lowest BCUT2D eigenvalue weighted by Crippen LogP contribution is -2.49. The molecule has 0 unspecified atom stereocenters. The van der Waals surface area contributed by atoms with E-state index in [0.717, 1.165) is 0 Å². The van der Waals surface area contributed by atoms with Gasteiger partial charge in [0.1, 0.15) is 6.04 Å². The number of methoxy groups -OCH3 is 1. The molecule has 0 aliphatic rings. The molecule has 128 valence electrons. The van der Waals surface area contributed by atoms with Crippen LogP contribution in [0.15, 0.2) is 0 Å². The van der Waals surface area contributed by atoms with Crippen molar-refractivity contribution in [3.05, 3.63) is 5.53 Å². The van der Waals surface area contributed by atoms with E-state index < -0.39 is 41.7 Å². The molecule has 0 saturated carbocycles. The Hall–Kier alpha value is -2.38. The van der Waals surface area contributed by atoms with Crippen LogP contribution in [0.3, 0.4) is 0 Å². The van der Waals surface area contributed by atoms with E-state index in [1.54, 1.807) is 13.8 Å². The molecule has 0 fully saturated rings. The van der Waals surface area contributed by atoms with E-state index in [1.165, 1.54) is 14.0 Å². The largest absolute Gasteiger partial charge is 0.461 e. The molecule has 9 heteroatoms. The first-order valence-electron chi connectivity index (χ1n) is 6.97. The molecule has 0 heterocycles. The van der Waals surface area contributed by atoms with Crippen molar-refractivity contribution in [1.29, 1.82) is 0 Å². The van der Waals surface area contributed by atoms with Crippen molar-refractivity contribution in [3.63, 3.8) is 0 Å². The molecule has 0 rings (SSSR count). The minimum atomic E-state index is -1.35. The first-order chi connectivity index (χ1) is 10.7. The lowest BCUT2D eigenvalue weighted by atomic mass is 10.1. The number of carbonyl (C=O) groups excluding carboxylic acids is 4. The van der Waals surface area contributed by atoms with Gasteiger partial charge in [0.25, 0.3) is 5.91 Å². The average Bonchev–Trinajstić information content (AvgIpc) is 2.43. The summed E-state index contributed by atoms with van der Waals surface area (Å²) in [4.78, 5) is 49.2. The Kier molecular flexibility index (Phi) is 9.29. The Morgan fingerprint density at radius 1 is 1.26 bits per heavy atom. The Labute approximate surface area is 133 Å². The van der Waals surface area contributed by atoms with Crippen LogP contribution in [0.4, 0.5) is 0 Å². The third kappa shape index (κ3) is 7.98. The van der Waals surface area contributed by atoms with Crippen LogP contribution < -0.4 is 5.32 Å². The molecule has 0 aromatic rings. The molecule has 2 atom stereocenters. The fourth-order valence-electron chi connectivity index (χ4n) is 1.68. The maximum atomic E-state index is 12.0. The third-order valence-electron chi connectivity index (χ3n) is 2.68. The van der Waals surface area contributed by atoms with Crippen molar-refractivity contribution in [2.75, 3.05) is 7.11 Å². The summed E-state index contributed by atoms with van der Waals surface area (Å²) in [5.74, 6) is -2.59. The predicted molar refractivity (Wildman–Crippen MR) is 78.6 cm³/mol. The number of hydrogen-bond donors (Lipinski definition) is 1.